The minimum Gasteiger partial charge on any atom is -0.480 e. The molecule has 0 unspecified atom stereocenters. The van der Waals surface area contributed by atoms with Crippen LogP contribution in [0.1, 0.15) is 16.9 Å². The van der Waals surface area contributed by atoms with E-state index in [0.29, 0.717) is 5.75 Å². The number of thioether (sulfide) groups is 1. The van der Waals surface area contributed by atoms with Gasteiger partial charge in [0, 0.05) is 6.20 Å². The van der Waals surface area contributed by atoms with E-state index in [1.807, 2.05) is 6.26 Å². The number of carbonyl (C=O) groups is 2. The number of carboxylic acids is 1. The summed E-state index contributed by atoms with van der Waals surface area (Å²) in [6.07, 6.45) is 0.881. The normalized spacial score (nSPS) is 12.4. The number of aromatic nitrogens is 1. The topological polar surface area (TPSA) is 71.3 Å². The Kier molecular flexibility index (Phi) is 6.50. The number of rotatable bonds is 8. The molecule has 0 aliphatic heterocycles. The molecule has 0 spiro atoms. The molecule has 1 heterocycles. The van der Waals surface area contributed by atoms with E-state index in [-0.39, 0.29) is 12.1 Å². The fourth-order valence-electron chi connectivity index (χ4n) is 1.65. The molecule has 8 heteroatoms. The van der Waals surface area contributed by atoms with Crippen molar-refractivity contribution in [3.63, 3.8) is 0 Å². The smallest absolute Gasteiger partial charge is 0.326 e. The van der Waals surface area contributed by atoms with Crippen LogP contribution in [0.3, 0.4) is 0 Å². The summed E-state index contributed by atoms with van der Waals surface area (Å²) in [5.74, 6) is -1.22. The van der Waals surface area contributed by atoms with Crippen LogP contribution in [0.15, 0.2) is 18.3 Å². The lowest BCUT2D eigenvalue weighted by atomic mass is 10.2. The molecule has 112 valence electrons. The second-order valence-electron chi connectivity index (χ2n) is 4.08. The van der Waals surface area contributed by atoms with Gasteiger partial charge in [0.25, 0.3) is 12.3 Å². The molecule has 1 aromatic heterocycles. The van der Waals surface area contributed by atoms with Gasteiger partial charge in [0.2, 0.25) is 0 Å². The highest BCUT2D eigenvalue weighted by molar-refractivity contribution is 7.98. The van der Waals surface area contributed by atoms with Gasteiger partial charge in [-0.1, -0.05) is 0 Å². The average molecular weight is 306 g/mol. The first-order valence-electron chi connectivity index (χ1n) is 5.91. The van der Waals surface area contributed by atoms with Crippen molar-refractivity contribution in [3.05, 3.63) is 24.0 Å². The fraction of sp³-hybridized carbons (Fsp3) is 0.500. The molecule has 0 bridgehead atoms. The number of alkyl halides is 2. The zero-order valence-electron chi connectivity index (χ0n) is 10.9. The van der Waals surface area contributed by atoms with Crippen molar-refractivity contribution in [2.45, 2.75) is 25.4 Å². The molecule has 0 aromatic carbocycles. The van der Waals surface area contributed by atoms with Crippen LogP contribution in [0.5, 0.6) is 0 Å². The lowest BCUT2D eigenvalue weighted by Crippen LogP contribution is -2.42. The van der Waals surface area contributed by atoms with Crippen LogP contribution in [-0.2, 0) is 11.3 Å². The first-order valence-corrected chi connectivity index (χ1v) is 7.31. The predicted octanol–water partition coefficient (Wildman–Crippen LogP) is 1.69. The molecule has 0 radical (unpaired) electrons. The number of hydrogen-bond donors (Lipinski definition) is 2. The third kappa shape index (κ3) is 4.84. The van der Waals surface area contributed by atoms with Gasteiger partial charge < -0.3 is 15.0 Å². The van der Waals surface area contributed by atoms with Gasteiger partial charge in [-0.05, 0) is 30.6 Å². The average Bonchev–Trinajstić information content (AvgIpc) is 2.81. The highest BCUT2D eigenvalue weighted by Gasteiger charge is 2.22. The standard InChI is InChI=1S/C12H16F2N2O3S/c1-20-6-4-8(12(18)19)15-11(17)9-3-2-5-16(9)7-10(13)14/h2-3,5,8,10H,4,6-7H2,1H3,(H,15,17)(H,18,19)/t8-/m0/s1. The number of hydrogen-bond acceptors (Lipinski definition) is 3. The lowest BCUT2D eigenvalue weighted by molar-refractivity contribution is -0.139. The Morgan fingerprint density at radius 1 is 1.50 bits per heavy atom. The second kappa shape index (κ2) is 7.88. The maximum Gasteiger partial charge on any atom is 0.326 e. The molecule has 0 aliphatic carbocycles. The molecule has 0 fully saturated rings. The largest absolute Gasteiger partial charge is 0.480 e. The third-order valence-electron chi connectivity index (χ3n) is 2.61. The number of nitrogens with zero attached hydrogens (tertiary/aromatic N) is 1. The summed E-state index contributed by atoms with van der Waals surface area (Å²) in [6.45, 7) is -0.599. The van der Waals surface area contributed by atoms with Crippen LogP contribution >= 0.6 is 11.8 Å². The second-order valence-corrected chi connectivity index (χ2v) is 5.07. The summed E-state index contributed by atoms with van der Waals surface area (Å²) < 4.78 is 25.8. The van der Waals surface area contributed by atoms with E-state index in [9.17, 15) is 18.4 Å². The van der Waals surface area contributed by atoms with Crippen LogP contribution in [0.25, 0.3) is 0 Å². The molecule has 1 rings (SSSR count). The van der Waals surface area contributed by atoms with E-state index in [2.05, 4.69) is 5.32 Å². The van der Waals surface area contributed by atoms with Gasteiger partial charge in [0.1, 0.15) is 11.7 Å². The molecule has 20 heavy (non-hydrogen) atoms. The van der Waals surface area contributed by atoms with Gasteiger partial charge in [-0.3, -0.25) is 4.79 Å². The number of carbonyl (C=O) groups excluding carboxylic acids is 1. The predicted molar refractivity (Wildman–Crippen MR) is 72.3 cm³/mol. The van der Waals surface area contributed by atoms with Gasteiger partial charge in [0.05, 0.1) is 6.54 Å². The van der Waals surface area contributed by atoms with Crippen LogP contribution in [0.2, 0.25) is 0 Å². The fourth-order valence-corrected chi connectivity index (χ4v) is 2.12. The van der Waals surface area contributed by atoms with Gasteiger partial charge in [-0.25, -0.2) is 13.6 Å². The summed E-state index contributed by atoms with van der Waals surface area (Å²) in [7, 11) is 0. The molecular weight excluding hydrogens is 290 g/mol. The van der Waals surface area contributed by atoms with Gasteiger partial charge >= 0.3 is 5.97 Å². The molecule has 0 saturated heterocycles. The quantitative estimate of drug-likeness (QED) is 0.767. The number of aliphatic carboxylic acids is 1. The Morgan fingerprint density at radius 3 is 2.75 bits per heavy atom. The molecule has 0 aliphatic rings. The summed E-state index contributed by atoms with van der Waals surface area (Å²) in [6, 6.07) is 1.82. The van der Waals surface area contributed by atoms with Gasteiger partial charge in [-0.2, -0.15) is 11.8 Å². The molecule has 1 atom stereocenters. The highest BCUT2D eigenvalue weighted by Crippen LogP contribution is 2.08. The van der Waals surface area contributed by atoms with E-state index >= 15 is 0 Å². The SMILES string of the molecule is CSCC[C@H](NC(=O)c1cccn1CC(F)F)C(=O)O. The first-order chi connectivity index (χ1) is 9.45. The molecule has 1 aromatic rings. The van der Waals surface area contributed by atoms with E-state index in [1.165, 1.54) is 30.1 Å². The number of carboxylic acid groups (broad SMARTS) is 1. The van der Waals surface area contributed by atoms with Crippen molar-refractivity contribution < 1.29 is 23.5 Å². The zero-order chi connectivity index (χ0) is 15.1. The Morgan fingerprint density at radius 2 is 2.20 bits per heavy atom. The van der Waals surface area contributed by atoms with Gasteiger partial charge in [-0.15, -0.1) is 0 Å². The Labute approximate surface area is 119 Å². The van der Waals surface area contributed by atoms with Gasteiger partial charge in [0.15, 0.2) is 0 Å². The van der Waals surface area contributed by atoms with Crippen LogP contribution in [0.4, 0.5) is 8.78 Å². The number of nitrogens with one attached hydrogen (secondary N) is 1. The van der Waals surface area contributed by atoms with Crippen LogP contribution in [-0.4, -0.2) is 46.0 Å². The van der Waals surface area contributed by atoms with E-state index in [0.717, 1.165) is 4.57 Å². The van der Waals surface area contributed by atoms with Crippen molar-refractivity contribution in [2.75, 3.05) is 12.0 Å². The van der Waals surface area contributed by atoms with E-state index in [1.54, 1.807) is 0 Å². The molecule has 1 amide bonds. The molecular formula is C12H16F2N2O3S. The van der Waals surface area contributed by atoms with Crippen molar-refractivity contribution >= 4 is 23.6 Å². The molecule has 5 nitrogen and oxygen atoms in total. The minimum atomic E-state index is -2.58. The highest BCUT2D eigenvalue weighted by atomic mass is 32.2. The van der Waals surface area contributed by atoms with Crippen molar-refractivity contribution in [3.8, 4) is 0 Å². The monoisotopic (exact) mass is 306 g/mol. The summed E-state index contributed by atoms with van der Waals surface area (Å²) in [5.41, 5.74) is 0.0284. The maximum atomic E-state index is 12.3. The van der Waals surface area contributed by atoms with Crippen LogP contribution in [0, 0.1) is 0 Å². The zero-order valence-corrected chi connectivity index (χ0v) is 11.7. The summed E-state index contributed by atoms with van der Waals surface area (Å²) in [4.78, 5) is 23.0. The first kappa shape index (κ1) is 16.5. The third-order valence-corrected chi connectivity index (χ3v) is 3.25. The summed E-state index contributed by atoms with van der Waals surface area (Å²) >= 11 is 1.46. The van der Waals surface area contributed by atoms with Crippen molar-refractivity contribution in [2.24, 2.45) is 0 Å². The van der Waals surface area contributed by atoms with Crippen molar-refractivity contribution in [1.82, 2.24) is 9.88 Å². The summed E-state index contributed by atoms with van der Waals surface area (Å²) in [5, 5.41) is 11.4. The lowest BCUT2D eigenvalue weighted by Gasteiger charge is -2.15. The van der Waals surface area contributed by atoms with Crippen LogP contribution < -0.4 is 5.32 Å². The van der Waals surface area contributed by atoms with E-state index in [4.69, 9.17) is 5.11 Å². The Bertz CT molecular complexity index is 465. The van der Waals surface area contributed by atoms with E-state index < -0.39 is 30.9 Å². The molecule has 2 N–H and O–H groups in total. The number of halogens is 2. The molecule has 0 saturated carbocycles. The maximum absolute atomic E-state index is 12.3. The Hall–Kier alpha value is -1.57. The van der Waals surface area contributed by atoms with Crippen molar-refractivity contribution in [1.29, 1.82) is 0 Å². The minimum absolute atomic E-state index is 0.0284. The Balaban J connectivity index is 2.73. The number of amides is 1.